The molecule has 8 heteroatoms. The summed E-state index contributed by atoms with van der Waals surface area (Å²) >= 11 is 6.04. The topological polar surface area (TPSA) is 75.7 Å². The molecule has 1 aliphatic heterocycles. The Hall–Kier alpha value is -2.87. The van der Waals surface area contributed by atoms with Gasteiger partial charge in [0.15, 0.2) is 0 Å². The van der Waals surface area contributed by atoms with E-state index in [-0.39, 0.29) is 41.6 Å². The molecule has 0 aliphatic carbocycles. The number of rotatable bonds is 7. The number of nitrogens with one attached hydrogen (secondary N) is 1. The lowest BCUT2D eigenvalue weighted by atomic mass is 9.94. The van der Waals surface area contributed by atoms with Crippen LogP contribution in [-0.2, 0) is 14.8 Å². The van der Waals surface area contributed by atoms with Crippen LogP contribution in [0.2, 0.25) is 5.02 Å². The molecule has 0 aromatic heterocycles. The summed E-state index contributed by atoms with van der Waals surface area (Å²) in [4.78, 5) is 13.3. The number of amides is 1. The first-order valence-electron chi connectivity index (χ1n) is 11.1. The molecule has 34 heavy (non-hydrogen) atoms. The van der Waals surface area contributed by atoms with Gasteiger partial charge in [-0.15, -0.1) is 0 Å². The van der Waals surface area contributed by atoms with Gasteiger partial charge in [-0.05, 0) is 42.2 Å². The van der Waals surface area contributed by atoms with Crippen molar-refractivity contribution in [2.75, 3.05) is 20.2 Å². The number of carbonyl (C=O) groups excluding carboxylic acids is 1. The summed E-state index contributed by atoms with van der Waals surface area (Å²) in [6.07, 6.45) is 0.870. The molecular weight excluding hydrogens is 472 g/mol. The van der Waals surface area contributed by atoms with Gasteiger partial charge in [0.2, 0.25) is 15.9 Å². The Morgan fingerprint density at radius 1 is 0.971 bits per heavy atom. The van der Waals surface area contributed by atoms with Crippen molar-refractivity contribution in [3.8, 4) is 5.75 Å². The maximum absolute atomic E-state index is 13.2. The van der Waals surface area contributed by atoms with Gasteiger partial charge in [0, 0.05) is 24.0 Å². The summed E-state index contributed by atoms with van der Waals surface area (Å²) in [7, 11) is -2.37. The van der Waals surface area contributed by atoms with E-state index in [1.54, 1.807) is 12.1 Å². The fraction of sp³-hybridized carbons (Fsp3) is 0.269. The summed E-state index contributed by atoms with van der Waals surface area (Å²) in [5.74, 6) is -0.101. The first-order valence-corrected chi connectivity index (χ1v) is 13.0. The van der Waals surface area contributed by atoms with Crippen LogP contribution >= 0.6 is 11.6 Å². The average molecular weight is 499 g/mol. The fourth-order valence-electron chi connectivity index (χ4n) is 4.26. The predicted molar refractivity (Wildman–Crippen MR) is 132 cm³/mol. The first-order chi connectivity index (χ1) is 16.4. The van der Waals surface area contributed by atoms with E-state index < -0.39 is 10.0 Å². The van der Waals surface area contributed by atoms with Crippen LogP contribution in [0.25, 0.3) is 0 Å². The van der Waals surface area contributed by atoms with Crippen LogP contribution in [0.15, 0.2) is 83.8 Å². The molecule has 0 radical (unpaired) electrons. The van der Waals surface area contributed by atoms with E-state index >= 15 is 0 Å². The molecule has 4 rings (SSSR count). The minimum Gasteiger partial charge on any atom is -0.495 e. The number of ether oxygens (including phenoxy) is 1. The molecule has 0 bridgehead atoms. The van der Waals surface area contributed by atoms with Gasteiger partial charge in [0.25, 0.3) is 0 Å². The van der Waals surface area contributed by atoms with E-state index in [0.29, 0.717) is 17.9 Å². The number of methoxy groups -OCH3 is 1. The first kappa shape index (κ1) is 24.3. The number of halogens is 1. The Labute approximate surface area is 205 Å². The molecule has 0 spiro atoms. The molecule has 1 heterocycles. The number of nitrogens with zero attached hydrogens (tertiary/aromatic N) is 1. The van der Waals surface area contributed by atoms with Crippen molar-refractivity contribution in [1.82, 2.24) is 9.62 Å². The van der Waals surface area contributed by atoms with Crippen LogP contribution in [0, 0.1) is 5.92 Å². The van der Waals surface area contributed by atoms with Gasteiger partial charge < -0.3 is 10.1 Å². The molecule has 0 unspecified atom stereocenters. The van der Waals surface area contributed by atoms with Crippen LogP contribution in [-0.4, -0.2) is 38.8 Å². The van der Waals surface area contributed by atoms with Crippen LogP contribution in [0.3, 0.4) is 0 Å². The minimum atomic E-state index is -3.79. The maximum Gasteiger partial charge on any atom is 0.246 e. The molecular formula is C26H27ClN2O4S. The molecule has 3 aromatic carbocycles. The van der Waals surface area contributed by atoms with Gasteiger partial charge in [-0.25, -0.2) is 8.42 Å². The van der Waals surface area contributed by atoms with Gasteiger partial charge in [0.1, 0.15) is 10.6 Å². The van der Waals surface area contributed by atoms with E-state index in [0.717, 1.165) is 11.1 Å². The number of carbonyl (C=O) groups is 1. The third-order valence-corrected chi connectivity index (χ3v) is 8.28. The van der Waals surface area contributed by atoms with Crippen molar-refractivity contribution in [2.45, 2.75) is 23.8 Å². The molecule has 3 aromatic rings. The molecule has 0 saturated carbocycles. The Morgan fingerprint density at radius 3 is 2.06 bits per heavy atom. The molecule has 1 fully saturated rings. The van der Waals surface area contributed by atoms with E-state index in [2.05, 4.69) is 5.32 Å². The highest BCUT2D eigenvalue weighted by Crippen LogP contribution is 2.32. The summed E-state index contributed by atoms with van der Waals surface area (Å²) in [6, 6.07) is 23.9. The van der Waals surface area contributed by atoms with E-state index in [4.69, 9.17) is 16.3 Å². The lowest BCUT2D eigenvalue weighted by Crippen LogP contribution is -2.43. The number of sulfonamides is 1. The standard InChI is InChI=1S/C26H27ClN2O4S/c1-33-23-13-12-22(27)18-24(23)34(31,32)29-16-14-21(15-17-29)26(30)28-25(19-8-4-2-5-9-19)20-10-6-3-7-11-20/h2-13,18,21,25H,14-17H2,1H3,(H,28,30). The second-order valence-corrected chi connectivity index (χ2v) is 10.6. The maximum atomic E-state index is 13.2. The van der Waals surface area contributed by atoms with Gasteiger partial charge in [-0.2, -0.15) is 4.31 Å². The quantitative estimate of drug-likeness (QED) is 0.514. The van der Waals surface area contributed by atoms with Crippen molar-refractivity contribution in [3.05, 3.63) is 95.0 Å². The van der Waals surface area contributed by atoms with Gasteiger partial charge in [-0.3, -0.25) is 4.79 Å². The van der Waals surface area contributed by atoms with E-state index in [1.165, 1.54) is 17.5 Å². The number of hydrogen-bond donors (Lipinski definition) is 1. The molecule has 1 saturated heterocycles. The molecule has 178 valence electrons. The summed E-state index contributed by atoms with van der Waals surface area (Å²) in [5, 5.41) is 3.51. The van der Waals surface area contributed by atoms with Crippen molar-refractivity contribution >= 4 is 27.5 Å². The summed E-state index contributed by atoms with van der Waals surface area (Å²) < 4.78 is 33.1. The summed E-state index contributed by atoms with van der Waals surface area (Å²) in [5.41, 5.74) is 1.99. The normalized spacial score (nSPS) is 15.3. The van der Waals surface area contributed by atoms with Gasteiger partial charge in [-0.1, -0.05) is 72.3 Å². The highest BCUT2D eigenvalue weighted by molar-refractivity contribution is 7.89. The van der Waals surface area contributed by atoms with Crippen molar-refractivity contribution in [1.29, 1.82) is 0 Å². The zero-order valence-electron chi connectivity index (χ0n) is 18.9. The highest BCUT2D eigenvalue weighted by atomic mass is 35.5. The van der Waals surface area contributed by atoms with E-state index in [9.17, 15) is 13.2 Å². The fourth-order valence-corrected chi connectivity index (χ4v) is 6.15. The number of benzene rings is 3. The van der Waals surface area contributed by atoms with Crippen LogP contribution < -0.4 is 10.1 Å². The van der Waals surface area contributed by atoms with Gasteiger partial charge >= 0.3 is 0 Å². The Morgan fingerprint density at radius 2 is 1.53 bits per heavy atom. The Balaban J connectivity index is 1.46. The van der Waals surface area contributed by atoms with Crippen molar-refractivity contribution in [3.63, 3.8) is 0 Å². The molecule has 1 N–H and O–H groups in total. The lowest BCUT2D eigenvalue weighted by Gasteiger charge is -2.32. The van der Waals surface area contributed by atoms with E-state index in [1.807, 2.05) is 60.7 Å². The van der Waals surface area contributed by atoms with Crippen LogP contribution in [0.1, 0.15) is 30.0 Å². The number of piperidine rings is 1. The molecule has 6 nitrogen and oxygen atoms in total. The summed E-state index contributed by atoms with van der Waals surface area (Å²) in [6.45, 7) is 0.495. The van der Waals surface area contributed by atoms with Crippen LogP contribution in [0.4, 0.5) is 0 Å². The average Bonchev–Trinajstić information content (AvgIpc) is 2.88. The third kappa shape index (κ3) is 5.27. The van der Waals surface area contributed by atoms with Crippen LogP contribution in [0.5, 0.6) is 5.75 Å². The molecule has 1 amide bonds. The Kier molecular flexibility index (Phi) is 7.56. The number of hydrogen-bond acceptors (Lipinski definition) is 4. The minimum absolute atomic E-state index is 0.0404. The second kappa shape index (κ2) is 10.6. The second-order valence-electron chi connectivity index (χ2n) is 8.24. The monoisotopic (exact) mass is 498 g/mol. The smallest absolute Gasteiger partial charge is 0.246 e. The van der Waals surface area contributed by atoms with Crippen molar-refractivity contribution < 1.29 is 17.9 Å². The van der Waals surface area contributed by atoms with Crippen molar-refractivity contribution in [2.24, 2.45) is 5.92 Å². The zero-order valence-corrected chi connectivity index (χ0v) is 20.4. The molecule has 1 aliphatic rings. The zero-order chi connectivity index (χ0) is 24.1. The highest BCUT2D eigenvalue weighted by Gasteiger charge is 2.34. The third-order valence-electron chi connectivity index (χ3n) is 6.12. The predicted octanol–water partition coefficient (Wildman–Crippen LogP) is 4.66. The lowest BCUT2D eigenvalue weighted by molar-refractivity contribution is -0.126. The van der Waals surface area contributed by atoms with Gasteiger partial charge in [0.05, 0.1) is 13.2 Å². The SMILES string of the molecule is COc1ccc(Cl)cc1S(=O)(=O)N1CCC(C(=O)NC(c2ccccc2)c2ccccc2)CC1. The molecule has 0 atom stereocenters. The largest absolute Gasteiger partial charge is 0.495 e. The Bertz CT molecular complexity index is 1190.